The molecular weight excluding hydrogens is 338 g/mol. The summed E-state index contributed by atoms with van der Waals surface area (Å²) in [6.07, 6.45) is 0. The van der Waals surface area contributed by atoms with Crippen molar-refractivity contribution < 1.29 is 0 Å². The molecule has 0 N–H and O–H groups in total. The first-order valence-corrected chi connectivity index (χ1v) is 9.91. The number of hydrogen-bond acceptors (Lipinski definition) is 0. The zero-order valence-electron chi connectivity index (χ0n) is 16.3. The highest BCUT2D eigenvalue weighted by atomic mass is 15.0. The lowest BCUT2D eigenvalue weighted by Crippen LogP contribution is -1.99. The summed E-state index contributed by atoms with van der Waals surface area (Å²) in [5.74, 6) is 0. The van der Waals surface area contributed by atoms with Gasteiger partial charge >= 0.3 is 0 Å². The van der Waals surface area contributed by atoms with E-state index in [9.17, 15) is 0 Å². The Morgan fingerprint density at radius 1 is 0.500 bits per heavy atom. The van der Waals surface area contributed by atoms with Crippen molar-refractivity contribution >= 4 is 21.8 Å². The predicted molar refractivity (Wildman–Crippen MR) is 121 cm³/mol. The fourth-order valence-electron chi connectivity index (χ4n) is 4.23. The van der Waals surface area contributed by atoms with E-state index in [1.54, 1.807) is 0 Å². The van der Waals surface area contributed by atoms with Gasteiger partial charge in [-0.05, 0) is 60.4 Å². The Kier molecular flexibility index (Phi) is 4.02. The van der Waals surface area contributed by atoms with E-state index < -0.39 is 0 Å². The fraction of sp³-hybridized carbons (Fsp3) is 0.111. The van der Waals surface area contributed by atoms with Crippen LogP contribution in [0.2, 0.25) is 0 Å². The zero-order valence-corrected chi connectivity index (χ0v) is 16.3. The molecule has 1 heteroatoms. The highest BCUT2D eigenvalue weighted by Crippen LogP contribution is 2.36. The van der Waals surface area contributed by atoms with Gasteiger partial charge in [-0.3, -0.25) is 0 Å². The van der Waals surface area contributed by atoms with Gasteiger partial charge in [0.2, 0.25) is 0 Å². The number of rotatable bonds is 3. The summed E-state index contributed by atoms with van der Waals surface area (Å²) in [5, 5.41) is 2.64. The van der Waals surface area contributed by atoms with Gasteiger partial charge in [-0.1, -0.05) is 72.8 Å². The van der Waals surface area contributed by atoms with Crippen LogP contribution in [0.5, 0.6) is 0 Å². The molecule has 0 aliphatic heterocycles. The highest BCUT2D eigenvalue weighted by molar-refractivity contribution is 6.10. The first kappa shape index (κ1) is 16.8. The lowest BCUT2D eigenvalue weighted by Gasteiger charge is -2.12. The van der Waals surface area contributed by atoms with Crippen LogP contribution in [0.15, 0.2) is 97.1 Å². The largest absolute Gasteiger partial charge is 0.338 e. The quantitative estimate of drug-likeness (QED) is 0.310. The molecule has 0 spiro atoms. The summed E-state index contributed by atoms with van der Waals surface area (Å²) >= 11 is 0. The summed E-state index contributed by atoms with van der Waals surface area (Å²) in [6, 6.07) is 35.4. The summed E-state index contributed by atoms with van der Waals surface area (Å²) in [7, 11) is 0. The van der Waals surface area contributed by atoms with Crippen molar-refractivity contribution in [2.75, 3.05) is 0 Å². The van der Waals surface area contributed by atoms with Crippen LogP contribution in [0.1, 0.15) is 19.9 Å². The summed E-state index contributed by atoms with van der Waals surface area (Å²) in [6.45, 7) is 4.52. The molecule has 0 radical (unpaired) electrons. The number of fused-ring (bicyclic) bond motifs is 3. The topological polar surface area (TPSA) is 4.93 Å². The van der Waals surface area contributed by atoms with Crippen molar-refractivity contribution in [2.24, 2.45) is 0 Å². The molecule has 0 amide bonds. The smallest absolute Gasteiger partial charge is 0.0494 e. The maximum atomic E-state index is 2.45. The van der Waals surface area contributed by atoms with E-state index >= 15 is 0 Å². The minimum absolute atomic E-state index is 0.408. The van der Waals surface area contributed by atoms with Gasteiger partial charge in [0.05, 0.1) is 0 Å². The number of aromatic nitrogens is 1. The monoisotopic (exact) mass is 361 g/mol. The van der Waals surface area contributed by atoms with Gasteiger partial charge in [-0.25, -0.2) is 0 Å². The number of nitrogens with zero attached hydrogens (tertiary/aromatic N) is 1. The molecule has 0 fully saturated rings. The van der Waals surface area contributed by atoms with Gasteiger partial charge in [0.1, 0.15) is 0 Å². The van der Waals surface area contributed by atoms with Crippen molar-refractivity contribution in [3.8, 4) is 22.3 Å². The molecule has 1 aromatic heterocycles. The molecule has 28 heavy (non-hydrogen) atoms. The van der Waals surface area contributed by atoms with Crippen LogP contribution in [-0.4, -0.2) is 4.57 Å². The molecule has 0 aliphatic rings. The maximum Gasteiger partial charge on any atom is 0.0494 e. The van der Waals surface area contributed by atoms with Crippen LogP contribution in [0.4, 0.5) is 0 Å². The van der Waals surface area contributed by atoms with Crippen molar-refractivity contribution in [3.05, 3.63) is 97.1 Å². The molecule has 1 heterocycles. The molecule has 0 bridgehead atoms. The Bertz CT molecular complexity index is 1160. The van der Waals surface area contributed by atoms with E-state index in [0.29, 0.717) is 6.04 Å². The first-order chi connectivity index (χ1) is 13.7. The van der Waals surface area contributed by atoms with E-state index in [4.69, 9.17) is 0 Å². The van der Waals surface area contributed by atoms with Gasteiger partial charge in [-0.2, -0.15) is 0 Å². The summed E-state index contributed by atoms with van der Waals surface area (Å²) in [5.41, 5.74) is 7.65. The van der Waals surface area contributed by atoms with Gasteiger partial charge in [0.25, 0.3) is 0 Å². The zero-order chi connectivity index (χ0) is 19.1. The molecule has 1 nitrogen and oxygen atoms in total. The molecule has 0 atom stereocenters. The van der Waals surface area contributed by atoms with Crippen LogP contribution < -0.4 is 0 Å². The molecule has 4 aromatic carbocycles. The van der Waals surface area contributed by atoms with E-state index in [2.05, 4.69) is 115 Å². The van der Waals surface area contributed by atoms with Gasteiger partial charge in [0, 0.05) is 27.8 Å². The first-order valence-electron chi connectivity index (χ1n) is 9.91. The average molecular weight is 361 g/mol. The molecule has 0 saturated carbocycles. The van der Waals surface area contributed by atoms with Crippen LogP contribution in [0.3, 0.4) is 0 Å². The van der Waals surface area contributed by atoms with Crippen LogP contribution in [-0.2, 0) is 0 Å². The summed E-state index contributed by atoms with van der Waals surface area (Å²) < 4.78 is 2.45. The molecule has 5 rings (SSSR count). The highest BCUT2D eigenvalue weighted by Gasteiger charge is 2.14. The third kappa shape index (κ3) is 2.71. The van der Waals surface area contributed by atoms with Gasteiger partial charge in [0.15, 0.2) is 0 Å². The van der Waals surface area contributed by atoms with Crippen molar-refractivity contribution in [2.45, 2.75) is 19.9 Å². The minimum atomic E-state index is 0.408. The maximum absolute atomic E-state index is 2.45. The van der Waals surface area contributed by atoms with E-state index in [1.807, 2.05) is 0 Å². The second-order valence-corrected chi connectivity index (χ2v) is 7.66. The van der Waals surface area contributed by atoms with Crippen LogP contribution in [0, 0.1) is 0 Å². The lowest BCUT2D eigenvalue weighted by molar-refractivity contribution is 0.642. The van der Waals surface area contributed by atoms with E-state index in [0.717, 1.165) is 0 Å². The van der Waals surface area contributed by atoms with Gasteiger partial charge in [-0.15, -0.1) is 0 Å². The average Bonchev–Trinajstić information content (AvgIpc) is 3.08. The minimum Gasteiger partial charge on any atom is -0.338 e. The van der Waals surface area contributed by atoms with Crippen LogP contribution in [0.25, 0.3) is 44.1 Å². The Morgan fingerprint density at radius 2 is 0.929 bits per heavy atom. The van der Waals surface area contributed by atoms with E-state index in [1.165, 1.54) is 44.1 Å². The standard InChI is InChI=1S/C27H23N/c1-19(2)28-26-15-13-22(20-9-5-3-6-10-20)17-24(26)25-18-23(14-16-27(25)28)21-11-7-4-8-12-21/h3-19H,1-2H3. The Morgan fingerprint density at radius 3 is 1.32 bits per heavy atom. The van der Waals surface area contributed by atoms with Crippen molar-refractivity contribution in [1.29, 1.82) is 0 Å². The van der Waals surface area contributed by atoms with E-state index in [-0.39, 0.29) is 0 Å². The molecule has 0 aliphatic carbocycles. The Balaban J connectivity index is 1.81. The molecule has 136 valence electrons. The predicted octanol–water partition coefficient (Wildman–Crippen LogP) is 7.71. The third-order valence-corrected chi connectivity index (χ3v) is 5.53. The molecule has 5 aromatic rings. The Hall–Kier alpha value is -3.32. The lowest BCUT2D eigenvalue weighted by atomic mass is 10.0. The fourth-order valence-corrected chi connectivity index (χ4v) is 4.23. The van der Waals surface area contributed by atoms with Crippen LogP contribution >= 0.6 is 0 Å². The number of hydrogen-bond donors (Lipinski definition) is 0. The van der Waals surface area contributed by atoms with Gasteiger partial charge < -0.3 is 4.57 Å². The molecular formula is C27H23N. The normalized spacial score (nSPS) is 11.5. The Labute approximate surface area is 165 Å². The summed E-state index contributed by atoms with van der Waals surface area (Å²) in [4.78, 5) is 0. The second kappa shape index (κ2) is 6.69. The number of benzene rings is 4. The van der Waals surface area contributed by atoms with Crippen molar-refractivity contribution in [3.63, 3.8) is 0 Å². The molecule has 0 saturated heterocycles. The second-order valence-electron chi connectivity index (χ2n) is 7.66. The SMILES string of the molecule is CC(C)n1c2ccc(-c3ccccc3)cc2c2cc(-c3ccccc3)ccc21. The third-order valence-electron chi connectivity index (χ3n) is 5.53. The molecule has 0 unspecified atom stereocenters. The van der Waals surface area contributed by atoms with Crippen molar-refractivity contribution in [1.82, 2.24) is 4.57 Å².